The Morgan fingerprint density at radius 3 is 1.99 bits per heavy atom. The van der Waals surface area contributed by atoms with Gasteiger partial charge >= 0.3 is 12.1 Å². The van der Waals surface area contributed by atoms with E-state index in [1.807, 2.05) is 0 Å². The highest BCUT2D eigenvalue weighted by atomic mass is 35.5. The molecule has 0 unspecified atom stereocenters. The number of phenols is 4. The molecule has 6 amide bonds. The van der Waals surface area contributed by atoms with Crippen molar-refractivity contribution in [3.63, 3.8) is 0 Å². The van der Waals surface area contributed by atoms with Gasteiger partial charge in [-0.2, -0.15) is 0 Å². The summed E-state index contributed by atoms with van der Waals surface area (Å²) >= 11 is 13.5. The number of aromatic hydroxyl groups is 4. The van der Waals surface area contributed by atoms with Crippen LogP contribution in [0, 0.1) is 0 Å². The summed E-state index contributed by atoms with van der Waals surface area (Å²) in [6, 6.07) is 5.24. The number of carbonyl (C=O) groups is 7. The van der Waals surface area contributed by atoms with E-state index >= 15 is 9.59 Å². The molecule has 0 saturated heterocycles. The van der Waals surface area contributed by atoms with Gasteiger partial charge < -0.3 is 82.1 Å². The van der Waals surface area contributed by atoms with Gasteiger partial charge in [0.1, 0.15) is 64.6 Å². The molecule has 13 N–H and O–H groups in total. The van der Waals surface area contributed by atoms with Crippen LogP contribution >= 0.6 is 23.2 Å². The predicted molar refractivity (Wildman–Crippen MR) is 281 cm³/mol. The molecule has 0 aromatic heterocycles. The average Bonchev–Trinajstić information content (AvgIpc) is 3.43. The number of phenolic OH excluding ortho intramolecular Hbond substituents is 4. The van der Waals surface area contributed by atoms with Gasteiger partial charge in [-0.3, -0.25) is 24.0 Å². The van der Waals surface area contributed by atoms with E-state index in [1.165, 1.54) is 42.5 Å². The molecule has 5 aliphatic heterocycles. The van der Waals surface area contributed by atoms with Crippen molar-refractivity contribution in [1.29, 1.82) is 0 Å². The second-order valence-corrected chi connectivity index (χ2v) is 20.6. The molecule has 0 radical (unpaired) electrons. The highest BCUT2D eigenvalue weighted by Crippen LogP contribution is 2.47. The number of amides is 6. The molecule has 7 atom stereocenters. The number of carbonyl (C=O) groups excluding carboxylic acids is 7. The number of methoxy groups -OCH3 is 1. The Hall–Kier alpha value is -8.51. The minimum atomic E-state index is -2.07. The minimum Gasteiger partial charge on any atom is -0.508 e. The lowest BCUT2D eigenvalue weighted by Gasteiger charge is -2.31. The molecule has 0 saturated carbocycles. The van der Waals surface area contributed by atoms with Crippen LogP contribution in [0.25, 0.3) is 11.1 Å². The van der Waals surface area contributed by atoms with Crippen LogP contribution in [0.4, 0.5) is 4.79 Å². The first-order valence-corrected chi connectivity index (χ1v) is 25.3. The molecule has 10 rings (SSSR count). The molecule has 25 heteroatoms. The SMILES string of the molecule is COC(=O)[C@H]1NC(=O)[C@H]2NC(=O)[C@H](NC(=O)[C@@H]3NC(=O)[C@H](CCCCNC(=O)OC(C)(C)C)NC(=O)[C@H](N)Cc4ccc(c(Cl)c4)Oc4cc3cc(c4O)Oc3ccc(cc3Cl)[C@H]2O)c2ccc(O)c(c2)-c2c(O)cc(O)cc21. The lowest BCUT2D eigenvalue weighted by Crippen LogP contribution is -2.56. The smallest absolute Gasteiger partial charge is 0.407 e. The van der Waals surface area contributed by atoms with Crippen molar-refractivity contribution >= 4 is 64.8 Å². The third kappa shape index (κ3) is 12.8. The molecule has 5 aromatic rings. The average molecular weight is 1130 g/mol. The van der Waals surface area contributed by atoms with Gasteiger partial charge in [0.2, 0.25) is 35.3 Å². The Bertz CT molecular complexity index is 3280. The van der Waals surface area contributed by atoms with E-state index in [9.17, 15) is 49.5 Å². The number of nitrogens with one attached hydrogen (secondary N) is 6. The van der Waals surface area contributed by atoms with Crippen molar-refractivity contribution in [2.45, 2.75) is 94.4 Å². The zero-order valence-corrected chi connectivity index (χ0v) is 44.2. The second kappa shape index (κ2) is 23.2. The van der Waals surface area contributed by atoms with E-state index in [4.69, 9.17) is 47.9 Å². The maximum atomic E-state index is 15.4. The van der Waals surface area contributed by atoms with Crippen molar-refractivity contribution in [2.24, 2.45) is 5.73 Å². The summed E-state index contributed by atoms with van der Waals surface area (Å²) in [7, 11) is 0.985. The van der Waals surface area contributed by atoms with Gasteiger partial charge in [-0.1, -0.05) is 41.4 Å². The maximum absolute atomic E-state index is 15.4. The van der Waals surface area contributed by atoms with Crippen molar-refractivity contribution < 1.29 is 78.0 Å². The number of hydrogen-bond donors (Lipinski definition) is 12. The van der Waals surface area contributed by atoms with Crippen LogP contribution in [0.1, 0.15) is 92.1 Å². The van der Waals surface area contributed by atoms with Crippen molar-refractivity contribution in [3.05, 3.63) is 117 Å². The number of aliphatic hydroxyl groups excluding tert-OH is 1. The Labute approximate surface area is 460 Å². The molecule has 79 heavy (non-hydrogen) atoms. The maximum Gasteiger partial charge on any atom is 0.407 e. The van der Waals surface area contributed by atoms with Crippen LogP contribution in [-0.2, 0) is 44.7 Å². The summed E-state index contributed by atoms with van der Waals surface area (Å²) in [6.45, 7) is 5.19. The van der Waals surface area contributed by atoms with Crippen LogP contribution in [-0.4, -0.2) is 105 Å². The topological polar surface area (TPSA) is 356 Å². The van der Waals surface area contributed by atoms with Crippen LogP contribution in [0.15, 0.2) is 78.9 Å². The molecule has 416 valence electrons. The first-order chi connectivity index (χ1) is 37.4. The first kappa shape index (κ1) is 56.7. The number of hydrogen-bond acceptors (Lipinski definition) is 17. The molecular weight excluding hydrogens is 1070 g/mol. The highest BCUT2D eigenvalue weighted by molar-refractivity contribution is 6.32. The summed E-state index contributed by atoms with van der Waals surface area (Å²) < 4.78 is 22.7. The van der Waals surface area contributed by atoms with Crippen LogP contribution in [0.3, 0.4) is 0 Å². The molecule has 11 bridgehead atoms. The zero-order valence-electron chi connectivity index (χ0n) is 42.6. The second-order valence-electron chi connectivity index (χ2n) is 19.8. The van der Waals surface area contributed by atoms with Crippen LogP contribution in [0.2, 0.25) is 10.0 Å². The normalized spacial score (nSPS) is 21.3. The van der Waals surface area contributed by atoms with Crippen molar-refractivity contribution in [2.75, 3.05) is 13.7 Å². The van der Waals surface area contributed by atoms with Crippen LogP contribution in [0.5, 0.6) is 46.0 Å². The summed E-state index contributed by atoms with van der Waals surface area (Å²) in [5, 5.41) is 72.8. The van der Waals surface area contributed by atoms with E-state index in [1.54, 1.807) is 26.8 Å². The van der Waals surface area contributed by atoms with Crippen molar-refractivity contribution in [1.82, 2.24) is 31.9 Å². The summed E-state index contributed by atoms with van der Waals surface area (Å²) in [6.07, 6.45) is -2.43. The molecule has 0 fully saturated rings. The predicted octanol–water partition coefficient (Wildman–Crippen LogP) is 5.02. The summed E-state index contributed by atoms with van der Waals surface area (Å²) in [5.41, 5.74) is 4.65. The standard InChI is InChI=1S/C54H55Cl2N7O16/c1-54(2,3)79-53(75)58-14-6-5-7-33-48(70)60-42-26-19-38(77-36-12-8-23(15-30(36)55)16-32(57)47(69)59-33)46(68)39(20-26)78-37-13-10-25(18-31(37)56)45(67)44-51(73)62-43(52(74)76-4)29-21-27(64)22-35(66)40(29)28-17-24(9-11-34(28)65)41(49(71)63-44)61-50(42)72/h8-13,15,17-22,32-33,41-45,64-68H,5-7,14,16,57H2,1-4H3,(H,58,75)(H,59,69)(H,60,70)(H,61,72)(H,62,73)(H,63,71)/t32-,33+,41-,42-,43+,44+,45-/m1/s1. The van der Waals surface area contributed by atoms with Gasteiger partial charge in [0, 0.05) is 29.3 Å². The largest absolute Gasteiger partial charge is 0.508 e. The Morgan fingerprint density at radius 2 is 1.33 bits per heavy atom. The van der Waals surface area contributed by atoms with Gasteiger partial charge in [-0.25, -0.2) is 9.59 Å². The molecule has 0 aliphatic carbocycles. The molecule has 5 heterocycles. The first-order valence-electron chi connectivity index (χ1n) is 24.6. The molecule has 5 aliphatic rings. The number of alkyl carbamates (subject to hydrolysis) is 1. The lowest BCUT2D eigenvalue weighted by atomic mass is 9.89. The van der Waals surface area contributed by atoms with E-state index in [0.29, 0.717) is 5.56 Å². The fourth-order valence-electron chi connectivity index (χ4n) is 9.06. The van der Waals surface area contributed by atoms with E-state index in [2.05, 4.69) is 31.9 Å². The van der Waals surface area contributed by atoms with Gasteiger partial charge in [0.15, 0.2) is 17.5 Å². The lowest BCUT2D eigenvalue weighted by molar-refractivity contribution is -0.146. The Morgan fingerprint density at radius 1 is 0.696 bits per heavy atom. The van der Waals surface area contributed by atoms with Gasteiger partial charge in [-0.05, 0) is 123 Å². The van der Waals surface area contributed by atoms with Crippen LogP contribution < -0.4 is 47.1 Å². The summed E-state index contributed by atoms with van der Waals surface area (Å²) in [4.78, 5) is 99.9. The zero-order chi connectivity index (χ0) is 57.2. The van der Waals surface area contributed by atoms with E-state index < -0.39 is 118 Å². The number of ether oxygens (including phenoxy) is 4. The number of aliphatic hydroxyl groups is 1. The fraction of sp³-hybridized carbons (Fsp3) is 0.315. The number of esters is 1. The fourth-order valence-corrected chi connectivity index (χ4v) is 9.53. The molecule has 0 spiro atoms. The molecule has 5 aromatic carbocycles. The number of unbranched alkanes of at least 4 members (excludes halogenated alkanes) is 1. The van der Waals surface area contributed by atoms with Gasteiger partial charge in [0.05, 0.1) is 23.2 Å². The number of rotatable bonds is 6. The third-order valence-corrected chi connectivity index (χ3v) is 13.5. The Kier molecular flexibility index (Phi) is 16.7. The number of fused-ring (bicyclic) bond motifs is 15. The number of benzene rings is 5. The molecular formula is C54H55Cl2N7O16. The van der Waals surface area contributed by atoms with E-state index in [0.717, 1.165) is 37.4 Å². The minimum absolute atomic E-state index is 0.00101. The third-order valence-electron chi connectivity index (χ3n) is 12.9. The molecule has 23 nitrogen and oxygen atoms in total. The number of nitrogens with two attached hydrogens (primary N) is 1. The van der Waals surface area contributed by atoms with Gasteiger partial charge in [0.25, 0.3) is 0 Å². The highest BCUT2D eigenvalue weighted by Gasteiger charge is 2.41. The Balaban J connectivity index is 1.32. The van der Waals surface area contributed by atoms with Crippen molar-refractivity contribution in [3.8, 4) is 57.1 Å². The number of halogens is 2. The monoisotopic (exact) mass is 1130 g/mol. The summed E-state index contributed by atoms with van der Waals surface area (Å²) in [5.74, 6) is -10.2. The quantitative estimate of drug-likeness (QED) is 0.0784. The van der Waals surface area contributed by atoms with Gasteiger partial charge in [-0.15, -0.1) is 0 Å². The van der Waals surface area contributed by atoms with E-state index in [-0.39, 0.29) is 92.9 Å².